The van der Waals surface area contributed by atoms with Gasteiger partial charge in [0.05, 0.1) is 44.0 Å². The van der Waals surface area contributed by atoms with Crippen LogP contribution in [0, 0.1) is 0 Å². The molecule has 1 N–H and O–H groups in total. The van der Waals surface area contributed by atoms with Crippen LogP contribution in [0.1, 0.15) is 35.9 Å². The fraction of sp³-hybridized carbons (Fsp3) is 0.259. The molecule has 2 heterocycles. The van der Waals surface area contributed by atoms with Gasteiger partial charge in [0.25, 0.3) is 11.7 Å². The maximum absolute atomic E-state index is 13.3. The molecule has 0 bridgehead atoms. The number of amides is 1. The third-order valence-electron chi connectivity index (χ3n) is 5.70. The molecule has 7 nitrogen and oxygen atoms in total. The smallest absolute Gasteiger partial charge is 0.295 e. The van der Waals surface area contributed by atoms with E-state index in [-0.39, 0.29) is 17.9 Å². The second-order valence-electron chi connectivity index (χ2n) is 7.78. The number of nitrogens with zero attached hydrogens (tertiary/aromatic N) is 1. The molecule has 1 fully saturated rings. The number of carbonyl (C=O) groups is 2. The molecule has 1 aromatic heterocycles. The summed E-state index contributed by atoms with van der Waals surface area (Å²) >= 11 is 1.41. The molecule has 1 atom stereocenters. The van der Waals surface area contributed by atoms with Gasteiger partial charge in [-0.05, 0) is 43.5 Å². The molecule has 1 aliphatic rings. The minimum absolute atomic E-state index is 0.0254. The second kappa shape index (κ2) is 10.7. The minimum atomic E-state index is -0.749. The Morgan fingerprint density at radius 2 is 1.77 bits per heavy atom. The summed E-state index contributed by atoms with van der Waals surface area (Å²) in [4.78, 5) is 28.8. The van der Waals surface area contributed by atoms with Gasteiger partial charge in [-0.15, -0.1) is 11.3 Å². The van der Waals surface area contributed by atoms with Gasteiger partial charge in [0.15, 0.2) is 0 Å². The standard InChI is InChI=1S/C27H27NO6S/c1-4-33-18-12-13-19(21(15-18)34-5-2)25(29)23-24(22-11-8-14-35-22)28(27(31)26(23)30)16-17-9-6-7-10-20(17)32-3/h6-15,24,29H,4-5,16H2,1-3H3/b25-23-. The lowest BCUT2D eigenvalue weighted by atomic mass is 9.99. The van der Waals surface area contributed by atoms with Crippen molar-refractivity contribution in [2.45, 2.75) is 26.4 Å². The van der Waals surface area contributed by atoms with Gasteiger partial charge in [-0.1, -0.05) is 24.3 Å². The Hall–Kier alpha value is -3.78. The Kier molecular flexibility index (Phi) is 7.41. The van der Waals surface area contributed by atoms with Crippen molar-refractivity contribution in [2.24, 2.45) is 0 Å². The lowest BCUT2D eigenvalue weighted by Crippen LogP contribution is -2.29. The van der Waals surface area contributed by atoms with Crippen LogP contribution in [0.2, 0.25) is 0 Å². The Labute approximate surface area is 208 Å². The van der Waals surface area contributed by atoms with Gasteiger partial charge in [-0.2, -0.15) is 0 Å². The molecule has 1 aliphatic heterocycles. The second-order valence-corrected chi connectivity index (χ2v) is 8.76. The van der Waals surface area contributed by atoms with Crippen LogP contribution in [0.3, 0.4) is 0 Å². The van der Waals surface area contributed by atoms with E-state index in [0.29, 0.717) is 36.0 Å². The third-order valence-corrected chi connectivity index (χ3v) is 6.63. The van der Waals surface area contributed by atoms with Crippen molar-refractivity contribution in [2.75, 3.05) is 20.3 Å². The average molecular weight is 494 g/mol. The number of thiophene rings is 1. The lowest BCUT2D eigenvalue weighted by molar-refractivity contribution is -0.140. The highest BCUT2D eigenvalue weighted by Crippen LogP contribution is 2.44. The quantitative estimate of drug-likeness (QED) is 0.251. The van der Waals surface area contributed by atoms with Gasteiger partial charge in [0.1, 0.15) is 23.0 Å². The zero-order chi connectivity index (χ0) is 24.9. The first kappa shape index (κ1) is 24.3. The van der Waals surface area contributed by atoms with Crippen molar-refractivity contribution in [3.63, 3.8) is 0 Å². The van der Waals surface area contributed by atoms with Crippen LogP contribution in [0.15, 0.2) is 65.6 Å². The number of likely N-dealkylation sites (tertiary alicyclic amines) is 1. The highest BCUT2D eigenvalue weighted by Gasteiger charge is 2.47. The number of aliphatic hydroxyl groups excluding tert-OH is 1. The highest BCUT2D eigenvalue weighted by molar-refractivity contribution is 7.10. The molecule has 8 heteroatoms. The van der Waals surface area contributed by atoms with Crippen LogP contribution >= 0.6 is 11.3 Å². The molecular formula is C27H27NO6S. The number of ketones is 1. The van der Waals surface area contributed by atoms with E-state index >= 15 is 0 Å². The van der Waals surface area contributed by atoms with E-state index in [9.17, 15) is 14.7 Å². The SMILES string of the molecule is CCOc1ccc(/C(O)=C2/C(=O)C(=O)N(Cc3ccccc3OC)C2c2cccs2)c(OCC)c1. The molecular weight excluding hydrogens is 466 g/mol. The summed E-state index contributed by atoms with van der Waals surface area (Å²) in [7, 11) is 1.56. The van der Waals surface area contributed by atoms with Crippen molar-refractivity contribution in [1.29, 1.82) is 0 Å². The molecule has 1 saturated heterocycles. The molecule has 3 aromatic rings. The van der Waals surface area contributed by atoms with E-state index in [0.717, 1.165) is 10.4 Å². The fourth-order valence-electron chi connectivity index (χ4n) is 4.18. The average Bonchev–Trinajstić information content (AvgIpc) is 3.47. The summed E-state index contributed by atoms with van der Waals surface area (Å²) in [5, 5.41) is 13.3. The molecule has 4 rings (SSSR count). The third kappa shape index (κ3) is 4.74. The van der Waals surface area contributed by atoms with Crippen molar-refractivity contribution < 1.29 is 28.9 Å². The molecule has 0 saturated carbocycles. The summed E-state index contributed by atoms with van der Waals surface area (Å²) in [6, 6.07) is 15.3. The van der Waals surface area contributed by atoms with Crippen LogP contribution < -0.4 is 14.2 Å². The Balaban J connectivity index is 1.84. The van der Waals surface area contributed by atoms with Gasteiger partial charge in [-0.25, -0.2) is 0 Å². The molecule has 0 radical (unpaired) electrons. The van der Waals surface area contributed by atoms with E-state index in [1.807, 2.05) is 49.6 Å². The van der Waals surface area contributed by atoms with Crippen molar-refractivity contribution in [3.8, 4) is 17.2 Å². The Morgan fingerprint density at radius 3 is 2.46 bits per heavy atom. The number of methoxy groups -OCH3 is 1. The predicted molar refractivity (Wildman–Crippen MR) is 134 cm³/mol. The Bertz CT molecular complexity index is 1250. The fourth-order valence-corrected chi connectivity index (χ4v) is 5.02. The van der Waals surface area contributed by atoms with Crippen LogP contribution in [-0.2, 0) is 16.1 Å². The normalized spacial score (nSPS) is 17.0. The number of benzene rings is 2. The number of aliphatic hydroxyl groups is 1. The Morgan fingerprint density at radius 1 is 1.00 bits per heavy atom. The van der Waals surface area contributed by atoms with Crippen LogP contribution in [-0.4, -0.2) is 42.0 Å². The van der Waals surface area contributed by atoms with E-state index in [2.05, 4.69) is 0 Å². The predicted octanol–water partition coefficient (Wildman–Crippen LogP) is 5.18. The van der Waals surface area contributed by atoms with Gasteiger partial charge >= 0.3 is 0 Å². The van der Waals surface area contributed by atoms with Crippen molar-refractivity contribution in [3.05, 3.63) is 81.6 Å². The molecule has 0 aliphatic carbocycles. The monoisotopic (exact) mass is 493 g/mol. The largest absolute Gasteiger partial charge is 0.507 e. The summed E-state index contributed by atoms with van der Waals surface area (Å²) in [6.45, 7) is 4.68. The van der Waals surface area contributed by atoms with Crippen molar-refractivity contribution in [1.82, 2.24) is 4.90 Å². The molecule has 1 unspecified atom stereocenters. The lowest BCUT2D eigenvalue weighted by Gasteiger charge is -2.25. The summed E-state index contributed by atoms with van der Waals surface area (Å²) in [5.41, 5.74) is 1.11. The van der Waals surface area contributed by atoms with Crippen molar-refractivity contribution >= 4 is 28.8 Å². The first-order chi connectivity index (χ1) is 17.0. The first-order valence-electron chi connectivity index (χ1n) is 11.3. The molecule has 182 valence electrons. The van der Waals surface area contributed by atoms with Gasteiger partial charge < -0.3 is 24.2 Å². The number of carbonyl (C=O) groups excluding carboxylic acids is 2. The minimum Gasteiger partial charge on any atom is -0.507 e. The zero-order valence-corrected chi connectivity index (χ0v) is 20.6. The van der Waals surface area contributed by atoms with E-state index in [1.54, 1.807) is 31.4 Å². The van der Waals surface area contributed by atoms with Crippen LogP contribution in [0.5, 0.6) is 17.2 Å². The molecule has 35 heavy (non-hydrogen) atoms. The maximum atomic E-state index is 13.3. The molecule has 2 aromatic carbocycles. The molecule has 1 amide bonds. The highest BCUT2D eigenvalue weighted by atomic mass is 32.1. The zero-order valence-electron chi connectivity index (χ0n) is 19.8. The molecule has 0 spiro atoms. The van der Waals surface area contributed by atoms with E-state index < -0.39 is 17.7 Å². The van der Waals surface area contributed by atoms with Crippen LogP contribution in [0.4, 0.5) is 0 Å². The summed E-state index contributed by atoms with van der Waals surface area (Å²) in [6.07, 6.45) is 0. The number of hydrogen-bond donors (Lipinski definition) is 1. The number of para-hydroxylation sites is 1. The number of hydrogen-bond acceptors (Lipinski definition) is 7. The summed E-state index contributed by atoms with van der Waals surface area (Å²) in [5.74, 6) is -0.136. The van der Waals surface area contributed by atoms with Gasteiger partial charge in [0.2, 0.25) is 0 Å². The van der Waals surface area contributed by atoms with Gasteiger partial charge in [0, 0.05) is 16.5 Å². The van der Waals surface area contributed by atoms with Crippen LogP contribution in [0.25, 0.3) is 5.76 Å². The topological polar surface area (TPSA) is 85.3 Å². The van der Waals surface area contributed by atoms with E-state index in [1.165, 1.54) is 16.2 Å². The van der Waals surface area contributed by atoms with Gasteiger partial charge in [-0.3, -0.25) is 9.59 Å². The first-order valence-corrected chi connectivity index (χ1v) is 12.2. The van der Waals surface area contributed by atoms with E-state index in [4.69, 9.17) is 14.2 Å². The number of Topliss-reactive ketones (excluding diaryl/α,β-unsaturated/α-hetero) is 1. The maximum Gasteiger partial charge on any atom is 0.295 e. The number of ether oxygens (including phenoxy) is 3. The summed E-state index contributed by atoms with van der Waals surface area (Å²) < 4.78 is 16.8. The number of rotatable bonds is 9.